The molecule has 5 nitrogen and oxygen atoms in total. The van der Waals surface area contributed by atoms with Crippen molar-refractivity contribution in [1.29, 1.82) is 0 Å². The van der Waals surface area contributed by atoms with Crippen molar-refractivity contribution in [1.82, 2.24) is 0 Å². The number of aliphatic hydroxyl groups is 1. The number of rotatable bonds is 59. The number of aliphatic hydroxyl groups excluding tert-OH is 1. The van der Waals surface area contributed by atoms with E-state index >= 15 is 0 Å². The summed E-state index contributed by atoms with van der Waals surface area (Å²) in [5.74, 6) is -0.596. The van der Waals surface area contributed by atoms with E-state index in [0.717, 1.165) is 122 Å². The minimum Gasteiger partial charge on any atom is -0.462 e. The molecule has 0 fully saturated rings. The molecule has 1 atom stereocenters. The Labute approximate surface area is 494 Å². The van der Waals surface area contributed by atoms with Crippen LogP contribution in [0.2, 0.25) is 0 Å². The van der Waals surface area contributed by atoms with Gasteiger partial charge in [0, 0.05) is 12.8 Å². The van der Waals surface area contributed by atoms with E-state index in [4.69, 9.17) is 9.47 Å². The third kappa shape index (κ3) is 66.0. The molecule has 0 heterocycles. The largest absolute Gasteiger partial charge is 0.462 e. The summed E-state index contributed by atoms with van der Waals surface area (Å²) in [4.78, 5) is 24.6. The minimum atomic E-state index is -0.784. The summed E-state index contributed by atoms with van der Waals surface area (Å²) < 4.78 is 10.7. The number of esters is 2. The molecule has 0 aromatic heterocycles. The van der Waals surface area contributed by atoms with E-state index in [1.165, 1.54) is 135 Å². The zero-order valence-electron chi connectivity index (χ0n) is 51.8. The maximum atomic E-state index is 12.4. The van der Waals surface area contributed by atoms with Crippen LogP contribution in [0.4, 0.5) is 0 Å². The van der Waals surface area contributed by atoms with Crippen molar-refractivity contribution >= 4 is 11.9 Å². The van der Waals surface area contributed by atoms with Gasteiger partial charge in [-0.2, -0.15) is 0 Å². The highest BCUT2D eigenvalue weighted by molar-refractivity contribution is 5.70. The standard InChI is InChI=1S/C75H122O5/c1-3-5-7-9-11-13-15-17-19-21-23-25-27-29-30-31-32-33-34-35-36-37-38-39-40-41-42-43-44-46-48-50-52-54-56-58-60-62-64-66-68-70-75(78)80-73(71-76)72-79-74(77)69-67-65-63-61-59-57-55-53-51-49-47-45-28-26-24-22-20-18-16-14-12-10-8-6-4-2/h5-8,11-14,17-20,23-26,29-30,32-33,35-36,38-39,41-42,73,76H,3-4,9-10,15-16,21-22,27-28,31,34,37,40,43-72H2,1-2H3/b7-5-,8-6-,13-11-,14-12-,19-17-,20-18-,25-23-,26-24-,30-29-,33-32-,36-35-,39-38-,42-41-. The SMILES string of the molecule is CC/C=C\C/C=C\C/C=C\C/C=C\C/C=C\C/C=C\C/C=C\C/C=C\C/C=C\CCCCCCCCCCCCCCCC(=O)OC(CO)COC(=O)CCCCCCCCCCCCCC/C=C\C/C=C\C/C=C\C/C=C\CC. The Morgan fingerprint density at radius 3 is 0.750 bits per heavy atom. The highest BCUT2D eigenvalue weighted by atomic mass is 16.6. The summed E-state index contributed by atoms with van der Waals surface area (Å²) in [7, 11) is 0. The maximum absolute atomic E-state index is 12.4. The fourth-order valence-electron chi connectivity index (χ4n) is 8.95. The van der Waals surface area contributed by atoms with Crippen molar-refractivity contribution in [2.24, 2.45) is 0 Å². The predicted molar refractivity (Wildman–Crippen MR) is 352 cm³/mol. The highest BCUT2D eigenvalue weighted by Gasteiger charge is 2.16. The zero-order chi connectivity index (χ0) is 57.6. The van der Waals surface area contributed by atoms with E-state index < -0.39 is 6.10 Å². The van der Waals surface area contributed by atoms with Crippen molar-refractivity contribution in [2.45, 2.75) is 290 Å². The molecule has 0 spiro atoms. The van der Waals surface area contributed by atoms with E-state index in [1.54, 1.807) is 0 Å². The number of carbonyl (C=O) groups is 2. The molecule has 0 bridgehead atoms. The van der Waals surface area contributed by atoms with Crippen LogP contribution in [-0.2, 0) is 19.1 Å². The van der Waals surface area contributed by atoms with Gasteiger partial charge in [0.2, 0.25) is 0 Å². The first-order valence-corrected chi connectivity index (χ1v) is 33.0. The summed E-state index contributed by atoms with van der Waals surface area (Å²) >= 11 is 0. The van der Waals surface area contributed by atoms with Gasteiger partial charge in [0.25, 0.3) is 0 Å². The lowest BCUT2D eigenvalue weighted by Crippen LogP contribution is -2.28. The lowest BCUT2D eigenvalue weighted by molar-refractivity contribution is -0.161. The van der Waals surface area contributed by atoms with Crippen LogP contribution in [0.3, 0.4) is 0 Å². The molecule has 1 unspecified atom stereocenters. The van der Waals surface area contributed by atoms with Crippen molar-refractivity contribution in [2.75, 3.05) is 13.2 Å². The Hall–Kier alpha value is -4.48. The molecule has 1 N–H and O–H groups in total. The van der Waals surface area contributed by atoms with Gasteiger partial charge in [-0.15, -0.1) is 0 Å². The number of unbranched alkanes of at least 4 members (excludes halogenated alkanes) is 25. The fourth-order valence-corrected chi connectivity index (χ4v) is 8.95. The molecular weight excluding hydrogens is 981 g/mol. The van der Waals surface area contributed by atoms with E-state index in [1.807, 2.05) is 0 Å². The minimum absolute atomic E-state index is 0.0736. The lowest BCUT2D eigenvalue weighted by Gasteiger charge is -2.15. The molecule has 452 valence electrons. The van der Waals surface area contributed by atoms with Gasteiger partial charge in [0.05, 0.1) is 6.61 Å². The van der Waals surface area contributed by atoms with Crippen LogP contribution < -0.4 is 0 Å². The van der Waals surface area contributed by atoms with E-state index in [-0.39, 0.29) is 25.2 Å². The lowest BCUT2D eigenvalue weighted by atomic mass is 10.0. The van der Waals surface area contributed by atoms with Crippen molar-refractivity contribution in [3.05, 3.63) is 158 Å². The Kier molecular flexibility index (Phi) is 64.9. The number of carbonyl (C=O) groups excluding carboxylic acids is 2. The molecule has 0 saturated carbocycles. The predicted octanol–water partition coefficient (Wildman–Crippen LogP) is 23.1. The van der Waals surface area contributed by atoms with Gasteiger partial charge < -0.3 is 14.6 Å². The summed E-state index contributed by atoms with van der Waals surface area (Å²) in [5.41, 5.74) is 0. The molecular formula is C75H122O5. The summed E-state index contributed by atoms with van der Waals surface area (Å²) in [6.07, 6.45) is 105. The molecule has 0 aliphatic heterocycles. The molecule has 0 rings (SSSR count). The second-order valence-corrected chi connectivity index (χ2v) is 21.4. The van der Waals surface area contributed by atoms with Crippen molar-refractivity contribution in [3.63, 3.8) is 0 Å². The molecule has 0 aromatic rings. The number of hydrogen-bond donors (Lipinski definition) is 1. The van der Waals surface area contributed by atoms with Crippen LogP contribution in [0.1, 0.15) is 284 Å². The average molecular weight is 1100 g/mol. The Morgan fingerprint density at radius 1 is 0.287 bits per heavy atom. The average Bonchev–Trinajstić information content (AvgIpc) is 3.46. The molecule has 0 saturated heterocycles. The molecule has 80 heavy (non-hydrogen) atoms. The normalized spacial score (nSPS) is 13.3. The molecule has 5 heteroatoms. The van der Waals surface area contributed by atoms with Crippen molar-refractivity contribution in [3.8, 4) is 0 Å². The fraction of sp³-hybridized carbons (Fsp3) is 0.627. The van der Waals surface area contributed by atoms with Gasteiger partial charge in [-0.25, -0.2) is 0 Å². The number of ether oxygens (including phenoxy) is 2. The summed E-state index contributed by atoms with van der Waals surface area (Å²) in [6.45, 7) is 3.92. The maximum Gasteiger partial charge on any atom is 0.306 e. The smallest absolute Gasteiger partial charge is 0.306 e. The molecule has 0 radical (unpaired) electrons. The summed E-state index contributed by atoms with van der Waals surface area (Å²) in [6, 6.07) is 0. The second kappa shape index (κ2) is 68.8. The van der Waals surface area contributed by atoms with Crippen LogP contribution in [0.25, 0.3) is 0 Å². The van der Waals surface area contributed by atoms with Gasteiger partial charge in [-0.3, -0.25) is 9.59 Å². The Bertz CT molecular complexity index is 1730. The second-order valence-electron chi connectivity index (χ2n) is 21.4. The summed E-state index contributed by atoms with van der Waals surface area (Å²) in [5, 5.41) is 9.69. The first-order valence-electron chi connectivity index (χ1n) is 33.0. The zero-order valence-corrected chi connectivity index (χ0v) is 51.8. The highest BCUT2D eigenvalue weighted by Crippen LogP contribution is 2.16. The quantitative estimate of drug-likeness (QED) is 0.0373. The van der Waals surface area contributed by atoms with E-state index in [9.17, 15) is 14.7 Å². The van der Waals surface area contributed by atoms with Crippen LogP contribution in [0.5, 0.6) is 0 Å². The molecule has 0 aliphatic carbocycles. The number of allylic oxidation sites excluding steroid dienone is 26. The third-order valence-electron chi connectivity index (χ3n) is 13.8. The van der Waals surface area contributed by atoms with Crippen LogP contribution >= 0.6 is 0 Å². The topological polar surface area (TPSA) is 72.8 Å². The third-order valence-corrected chi connectivity index (χ3v) is 13.8. The van der Waals surface area contributed by atoms with Gasteiger partial charge in [-0.1, -0.05) is 307 Å². The monoisotopic (exact) mass is 1100 g/mol. The Morgan fingerprint density at radius 2 is 0.500 bits per heavy atom. The van der Waals surface area contributed by atoms with Crippen LogP contribution in [0, 0.1) is 0 Å². The van der Waals surface area contributed by atoms with E-state index in [2.05, 4.69) is 172 Å². The Balaban J connectivity index is 3.53. The molecule has 0 aliphatic rings. The first kappa shape index (κ1) is 75.5. The van der Waals surface area contributed by atoms with Crippen LogP contribution in [0.15, 0.2) is 158 Å². The molecule has 0 aromatic carbocycles. The van der Waals surface area contributed by atoms with Gasteiger partial charge in [0.1, 0.15) is 6.61 Å². The van der Waals surface area contributed by atoms with Crippen LogP contribution in [-0.4, -0.2) is 36.4 Å². The van der Waals surface area contributed by atoms with E-state index in [0.29, 0.717) is 12.8 Å². The first-order chi connectivity index (χ1) is 39.6. The van der Waals surface area contributed by atoms with Gasteiger partial charge in [-0.05, 0) is 122 Å². The molecule has 0 amide bonds. The van der Waals surface area contributed by atoms with Gasteiger partial charge in [0.15, 0.2) is 6.10 Å². The van der Waals surface area contributed by atoms with Gasteiger partial charge >= 0.3 is 11.9 Å². The number of hydrogen-bond acceptors (Lipinski definition) is 5. The van der Waals surface area contributed by atoms with Crippen molar-refractivity contribution < 1.29 is 24.2 Å².